The lowest BCUT2D eigenvalue weighted by Gasteiger charge is -2.36. The first-order chi connectivity index (χ1) is 15.1. The van der Waals surface area contributed by atoms with Crippen LogP contribution < -0.4 is 10.6 Å². The summed E-state index contributed by atoms with van der Waals surface area (Å²) in [5.41, 5.74) is 1.59. The Kier molecular flexibility index (Phi) is 5.63. The van der Waals surface area contributed by atoms with Crippen molar-refractivity contribution in [3.05, 3.63) is 46.8 Å². The van der Waals surface area contributed by atoms with Gasteiger partial charge in [0.05, 0.1) is 5.39 Å². The van der Waals surface area contributed by atoms with E-state index in [4.69, 9.17) is 23.2 Å². The maximum Gasteiger partial charge on any atom is 0.245 e. The molecule has 31 heavy (non-hydrogen) atoms. The zero-order valence-corrected chi connectivity index (χ0v) is 18.5. The second kappa shape index (κ2) is 8.55. The summed E-state index contributed by atoms with van der Waals surface area (Å²) in [6.07, 6.45) is 7.46. The number of nitrogens with one attached hydrogen (secondary N) is 3. The number of fused-ring (bicyclic) bond motifs is 1. The van der Waals surface area contributed by atoms with Gasteiger partial charge in [0, 0.05) is 41.1 Å². The van der Waals surface area contributed by atoms with E-state index in [1.165, 1.54) is 0 Å². The smallest absolute Gasteiger partial charge is 0.245 e. The molecule has 2 aromatic heterocycles. The molecular weight excluding hydrogens is 435 g/mol. The van der Waals surface area contributed by atoms with Gasteiger partial charge >= 0.3 is 0 Å². The van der Waals surface area contributed by atoms with Crippen LogP contribution >= 0.6 is 23.2 Å². The van der Waals surface area contributed by atoms with Crippen molar-refractivity contribution in [2.45, 2.75) is 37.8 Å². The number of rotatable bonds is 6. The van der Waals surface area contributed by atoms with Crippen LogP contribution in [0.2, 0.25) is 10.0 Å². The summed E-state index contributed by atoms with van der Waals surface area (Å²) in [7, 11) is 0. The van der Waals surface area contributed by atoms with Crippen LogP contribution in [0.25, 0.3) is 11.0 Å². The average Bonchev–Trinajstić information content (AvgIpc) is 3.47. The second-order valence-corrected chi connectivity index (χ2v) is 9.22. The van der Waals surface area contributed by atoms with Crippen LogP contribution in [0.15, 0.2) is 36.8 Å². The normalized spacial score (nSPS) is 19.9. The molecule has 0 radical (unpaired) electrons. The summed E-state index contributed by atoms with van der Waals surface area (Å²) in [6, 6.07) is 7.17. The Hall–Kier alpha value is -2.51. The summed E-state index contributed by atoms with van der Waals surface area (Å²) >= 11 is 12.3. The number of piperidine rings is 1. The zero-order chi connectivity index (χ0) is 21.4. The molecule has 7 nitrogen and oxygen atoms in total. The highest BCUT2D eigenvalue weighted by molar-refractivity contribution is 6.35. The first-order valence-corrected chi connectivity index (χ1v) is 11.4. The number of hydrogen-bond donors (Lipinski definition) is 3. The van der Waals surface area contributed by atoms with E-state index >= 15 is 0 Å². The van der Waals surface area contributed by atoms with Crippen LogP contribution in [-0.2, 0) is 4.79 Å². The zero-order valence-electron chi connectivity index (χ0n) is 16.9. The summed E-state index contributed by atoms with van der Waals surface area (Å²) in [6.45, 7) is 1.41. The predicted octanol–water partition coefficient (Wildman–Crippen LogP) is 4.56. The van der Waals surface area contributed by atoms with Crippen LogP contribution in [0, 0.1) is 5.92 Å². The van der Waals surface area contributed by atoms with Gasteiger partial charge in [-0.05, 0) is 55.9 Å². The van der Waals surface area contributed by atoms with Crippen molar-refractivity contribution in [1.29, 1.82) is 0 Å². The van der Waals surface area contributed by atoms with Crippen molar-refractivity contribution in [3.8, 4) is 0 Å². The number of aromatic amines is 1. The number of anilines is 2. The highest BCUT2D eigenvalue weighted by Crippen LogP contribution is 2.36. The van der Waals surface area contributed by atoms with Gasteiger partial charge in [-0.15, -0.1) is 0 Å². The Bertz CT molecular complexity index is 1080. The maximum atomic E-state index is 13.5. The van der Waals surface area contributed by atoms with E-state index < -0.39 is 0 Å². The molecule has 162 valence electrons. The Labute approximate surface area is 190 Å². The van der Waals surface area contributed by atoms with Crippen molar-refractivity contribution < 1.29 is 4.79 Å². The van der Waals surface area contributed by atoms with Crippen LogP contribution in [0.4, 0.5) is 11.5 Å². The summed E-state index contributed by atoms with van der Waals surface area (Å²) in [5.74, 6) is 1.29. The summed E-state index contributed by atoms with van der Waals surface area (Å²) < 4.78 is 0. The molecule has 2 aliphatic rings. The Morgan fingerprint density at radius 3 is 2.74 bits per heavy atom. The van der Waals surface area contributed by atoms with Gasteiger partial charge in [0.2, 0.25) is 5.91 Å². The molecule has 0 spiro atoms. The fourth-order valence-electron chi connectivity index (χ4n) is 4.30. The van der Waals surface area contributed by atoms with E-state index in [-0.39, 0.29) is 18.0 Å². The monoisotopic (exact) mass is 458 g/mol. The largest absolute Gasteiger partial charge is 0.373 e. The lowest BCUT2D eigenvalue weighted by Crippen LogP contribution is -2.51. The second-order valence-electron chi connectivity index (χ2n) is 8.35. The third kappa shape index (κ3) is 4.57. The maximum absolute atomic E-state index is 13.5. The predicted molar refractivity (Wildman–Crippen MR) is 124 cm³/mol. The van der Waals surface area contributed by atoms with Gasteiger partial charge in [0.1, 0.15) is 23.8 Å². The average molecular weight is 459 g/mol. The molecule has 1 aliphatic heterocycles. The number of amides is 1. The van der Waals surface area contributed by atoms with E-state index in [2.05, 4.69) is 25.6 Å². The fraction of sp³-hybridized carbons (Fsp3) is 0.409. The number of likely N-dealkylation sites (tertiary alicyclic amines) is 1. The number of H-pyrrole nitrogens is 1. The molecule has 0 bridgehead atoms. The van der Waals surface area contributed by atoms with Crippen LogP contribution in [-0.4, -0.2) is 50.9 Å². The third-order valence-electron chi connectivity index (χ3n) is 5.97. The molecule has 5 rings (SSSR count). The van der Waals surface area contributed by atoms with Gasteiger partial charge in [-0.3, -0.25) is 4.79 Å². The van der Waals surface area contributed by atoms with Crippen molar-refractivity contribution in [2.75, 3.05) is 23.7 Å². The lowest BCUT2D eigenvalue weighted by atomic mass is 10.0. The molecule has 1 saturated carbocycles. The standard InChI is InChI=1S/C22H24Cl2N6O/c23-14-8-15(24)10-17(9-14)28-19(13-3-4-13)22(31)30-7-1-2-16(11-30)29-21-18-5-6-25-20(18)26-12-27-21/h5-6,8-10,12-13,16,19,28H,1-4,7,11H2,(H2,25,26,27,29)/t16-,19-/m1/s1. The minimum absolute atomic E-state index is 0.138. The van der Waals surface area contributed by atoms with Gasteiger partial charge in [-0.1, -0.05) is 23.2 Å². The topological polar surface area (TPSA) is 85.9 Å². The molecular formula is C22H24Cl2N6O. The van der Waals surface area contributed by atoms with E-state index in [1.807, 2.05) is 29.3 Å². The number of carbonyl (C=O) groups is 1. The number of nitrogens with zero attached hydrogens (tertiary/aromatic N) is 3. The van der Waals surface area contributed by atoms with Gasteiger partial charge in [-0.2, -0.15) is 0 Å². The lowest BCUT2D eigenvalue weighted by molar-refractivity contribution is -0.133. The molecule has 2 atom stereocenters. The van der Waals surface area contributed by atoms with E-state index in [1.54, 1.807) is 12.4 Å². The third-order valence-corrected chi connectivity index (χ3v) is 6.41. The quantitative estimate of drug-likeness (QED) is 0.503. The van der Waals surface area contributed by atoms with E-state index in [9.17, 15) is 4.79 Å². The number of halogens is 2. The van der Waals surface area contributed by atoms with E-state index in [0.29, 0.717) is 22.5 Å². The molecule has 1 aromatic carbocycles. The molecule has 9 heteroatoms. The molecule has 3 heterocycles. The summed E-state index contributed by atoms with van der Waals surface area (Å²) in [4.78, 5) is 27.2. The molecule has 3 N–H and O–H groups in total. The van der Waals surface area contributed by atoms with Crippen molar-refractivity contribution in [1.82, 2.24) is 19.9 Å². The number of hydrogen-bond acceptors (Lipinski definition) is 5. The molecule has 2 fully saturated rings. The van der Waals surface area contributed by atoms with Crippen LogP contribution in [0.1, 0.15) is 25.7 Å². The minimum Gasteiger partial charge on any atom is -0.373 e. The van der Waals surface area contributed by atoms with Crippen LogP contribution in [0.3, 0.4) is 0 Å². The molecule has 1 aliphatic carbocycles. The molecule has 1 saturated heterocycles. The van der Waals surface area contributed by atoms with Crippen molar-refractivity contribution >= 4 is 51.6 Å². The number of benzene rings is 1. The highest BCUT2D eigenvalue weighted by atomic mass is 35.5. The minimum atomic E-state index is -0.260. The molecule has 1 amide bonds. The Balaban J connectivity index is 1.29. The van der Waals surface area contributed by atoms with Gasteiger partial charge in [0.25, 0.3) is 0 Å². The first kappa shape index (κ1) is 20.4. The van der Waals surface area contributed by atoms with Crippen molar-refractivity contribution in [3.63, 3.8) is 0 Å². The highest BCUT2D eigenvalue weighted by Gasteiger charge is 2.39. The Morgan fingerprint density at radius 2 is 1.97 bits per heavy atom. The van der Waals surface area contributed by atoms with Gasteiger partial charge in [0.15, 0.2) is 0 Å². The van der Waals surface area contributed by atoms with Crippen LogP contribution in [0.5, 0.6) is 0 Å². The fourth-order valence-corrected chi connectivity index (χ4v) is 4.83. The van der Waals surface area contributed by atoms with Crippen molar-refractivity contribution in [2.24, 2.45) is 5.92 Å². The summed E-state index contributed by atoms with van der Waals surface area (Å²) in [5, 5.41) is 8.99. The number of carbonyl (C=O) groups excluding carboxylic acids is 1. The molecule has 3 aromatic rings. The van der Waals surface area contributed by atoms with Gasteiger partial charge < -0.3 is 20.5 Å². The first-order valence-electron chi connectivity index (χ1n) is 10.6. The van der Waals surface area contributed by atoms with E-state index in [0.717, 1.165) is 54.8 Å². The Morgan fingerprint density at radius 1 is 1.16 bits per heavy atom. The van der Waals surface area contributed by atoms with Gasteiger partial charge in [-0.25, -0.2) is 9.97 Å². The number of aromatic nitrogens is 3. The SMILES string of the molecule is O=C([C@H](Nc1cc(Cl)cc(Cl)c1)C1CC1)N1CCC[C@@H](Nc2ncnc3[nH]ccc23)C1. The molecule has 0 unspecified atom stereocenters.